The molecule has 18 rings (SSSR count). The van der Waals surface area contributed by atoms with Crippen LogP contribution in [-0.2, 0) is 10.8 Å². The van der Waals surface area contributed by atoms with Crippen LogP contribution < -0.4 is 0 Å². The molecule has 2 heterocycles. The lowest BCUT2D eigenvalue weighted by Crippen LogP contribution is -2.15. The van der Waals surface area contributed by atoms with Crippen LogP contribution in [-0.4, -0.2) is 9.13 Å². The van der Waals surface area contributed by atoms with Gasteiger partial charge in [0.2, 0.25) is 0 Å². The number of fused-ring (bicyclic) bond motifs is 12. The maximum atomic E-state index is 2.47. The topological polar surface area (TPSA) is 9.86 Å². The second-order valence-corrected chi connectivity index (χ2v) is 27.2. The fourth-order valence-corrected chi connectivity index (χ4v) is 16.0. The Morgan fingerprint density at radius 1 is 0.240 bits per heavy atom. The minimum Gasteiger partial charge on any atom is -0.309 e. The van der Waals surface area contributed by atoms with Gasteiger partial charge in [-0.3, -0.25) is 0 Å². The molecule has 0 bridgehead atoms. The highest BCUT2D eigenvalue weighted by Gasteiger charge is 2.38. The van der Waals surface area contributed by atoms with Gasteiger partial charge in [-0.25, -0.2) is 0 Å². The molecular formula is C94H68N2. The molecule has 0 aliphatic heterocycles. The standard InChI is InChI=1S/C94H68N2/c1-93(2)85-57-67(63-37-33-61(34-38-63)53-81(65-21-9-5-10-22-65)71-45-51-91-83(55-71)79-29-17-19-31-89(79)95(91)73-25-13-7-14-26-73)41-47-75(85)77-49-43-69(59-87(77)93)70-44-50-78-76-48-42-68(58-86(76)94(3,4)88(78)60-70)64-39-35-62(36-40-64)54-82(66-23-11-6-12-24-66)72-46-52-92-84(56-72)80-30-18-20-32-90(80)96(92)74-27-15-8-16-28-74/h5-60H,1-4H3/b81-53+,82-54+. The van der Waals surface area contributed by atoms with Crippen LogP contribution in [0.2, 0.25) is 0 Å². The summed E-state index contributed by atoms with van der Waals surface area (Å²) in [5.41, 5.74) is 34.4. The Kier molecular flexibility index (Phi) is 13.3. The van der Waals surface area contributed by atoms with Gasteiger partial charge in [0.1, 0.15) is 0 Å². The zero-order valence-corrected chi connectivity index (χ0v) is 54.2. The van der Waals surface area contributed by atoms with Crippen molar-refractivity contribution in [2.45, 2.75) is 38.5 Å². The monoisotopic (exact) mass is 1220 g/mol. The van der Waals surface area contributed by atoms with Crippen molar-refractivity contribution in [1.29, 1.82) is 0 Å². The summed E-state index contributed by atoms with van der Waals surface area (Å²) in [6.07, 6.45) is 4.70. The van der Waals surface area contributed by atoms with Gasteiger partial charge in [0, 0.05) is 43.7 Å². The summed E-state index contributed by atoms with van der Waals surface area (Å²) in [6.45, 7) is 9.62. The molecule has 0 spiro atoms. The first-order chi connectivity index (χ1) is 47.1. The van der Waals surface area contributed by atoms with E-state index in [2.05, 4.69) is 377 Å². The smallest absolute Gasteiger partial charge is 0.0541 e. The van der Waals surface area contributed by atoms with E-state index >= 15 is 0 Å². The number of benzene rings is 14. The first-order valence-electron chi connectivity index (χ1n) is 33.6. The van der Waals surface area contributed by atoms with Crippen LogP contribution in [0, 0.1) is 0 Å². The van der Waals surface area contributed by atoms with Crippen LogP contribution in [0.15, 0.2) is 328 Å². The summed E-state index contributed by atoms with van der Waals surface area (Å²) in [5.74, 6) is 0. The average molecular weight is 1230 g/mol. The minimum atomic E-state index is -0.193. The lowest BCUT2D eigenvalue weighted by molar-refractivity contribution is 0.660. The average Bonchev–Trinajstić information content (AvgIpc) is 1.57. The molecular weight excluding hydrogens is 1160 g/mol. The van der Waals surface area contributed by atoms with Crippen molar-refractivity contribution in [2.75, 3.05) is 0 Å². The lowest BCUT2D eigenvalue weighted by Gasteiger charge is -2.24. The largest absolute Gasteiger partial charge is 0.309 e. The Bertz CT molecular complexity index is 5460. The Morgan fingerprint density at radius 3 is 0.885 bits per heavy atom. The van der Waals surface area contributed by atoms with E-state index in [1.807, 2.05) is 0 Å². The molecule has 2 aliphatic rings. The van der Waals surface area contributed by atoms with Gasteiger partial charge in [0.25, 0.3) is 0 Å². The SMILES string of the molecule is CC1(C)c2cc(-c3ccc(/C=C(\c4ccccc4)c4ccc5c(c4)c4ccccc4n5-c4ccccc4)cc3)ccc2-c2ccc(-c3ccc4c(c3)C(C)(C)c3cc(-c5ccc(/C=C(\c6ccccc6)c6ccc7c(c6)c6ccccc6n7-c6ccccc6)cc5)ccc3-4)cc21. The van der Waals surface area contributed by atoms with Crippen molar-refractivity contribution in [3.05, 3.63) is 383 Å². The van der Waals surface area contributed by atoms with Gasteiger partial charge < -0.3 is 9.13 Å². The maximum absolute atomic E-state index is 2.47. The van der Waals surface area contributed by atoms with Crippen molar-refractivity contribution in [2.24, 2.45) is 0 Å². The third-order valence-electron chi connectivity index (χ3n) is 21.0. The molecule has 454 valence electrons. The molecule has 0 atom stereocenters. The fourth-order valence-electron chi connectivity index (χ4n) is 16.0. The van der Waals surface area contributed by atoms with Gasteiger partial charge in [-0.1, -0.05) is 270 Å². The summed E-state index contributed by atoms with van der Waals surface area (Å²) >= 11 is 0. The van der Waals surface area contributed by atoms with E-state index in [0.717, 1.165) is 22.5 Å². The second-order valence-electron chi connectivity index (χ2n) is 27.2. The van der Waals surface area contributed by atoms with Gasteiger partial charge in [-0.2, -0.15) is 0 Å². The van der Waals surface area contributed by atoms with E-state index in [-0.39, 0.29) is 10.8 Å². The highest BCUT2D eigenvalue weighted by atomic mass is 15.0. The molecule has 0 unspecified atom stereocenters. The van der Waals surface area contributed by atoms with Crippen LogP contribution in [0.3, 0.4) is 0 Å². The third-order valence-corrected chi connectivity index (χ3v) is 21.0. The quantitative estimate of drug-likeness (QED) is 0.114. The molecule has 2 aromatic heterocycles. The molecule has 0 fully saturated rings. The number of para-hydroxylation sites is 4. The van der Waals surface area contributed by atoms with E-state index in [0.29, 0.717) is 0 Å². The maximum Gasteiger partial charge on any atom is 0.0541 e. The van der Waals surface area contributed by atoms with E-state index in [9.17, 15) is 0 Å². The summed E-state index contributed by atoms with van der Waals surface area (Å²) < 4.78 is 4.77. The van der Waals surface area contributed by atoms with E-state index in [4.69, 9.17) is 0 Å². The van der Waals surface area contributed by atoms with Gasteiger partial charge in [0.15, 0.2) is 0 Å². The van der Waals surface area contributed by atoms with E-state index in [1.165, 1.54) is 155 Å². The van der Waals surface area contributed by atoms with Crippen LogP contribution in [0.4, 0.5) is 0 Å². The molecule has 16 aromatic rings. The Balaban J connectivity index is 0.605. The summed E-state index contributed by atoms with van der Waals surface area (Å²) in [6, 6.07) is 121. The molecule has 0 saturated heterocycles. The zero-order chi connectivity index (χ0) is 64.2. The molecule has 0 radical (unpaired) electrons. The predicted molar refractivity (Wildman–Crippen MR) is 406 cm³/mol. The Labute approximate surface area is 561 Å². The van der Waals surface area contributed by atoms with Crippen LogP contribution >= 0.6 is 0 Å². The Morgan fingerprint density at radius 2 is 0.531 bits per heavy atom. The molecule has 0 amide bonds. The summed E-state index contributed by atoms with van der Waals surface area (Å²) in [7, 11) is 0. The minimum absolute atomic E-state index is 0.193. The molecule has 96 heavy (non-hydrogen) atoms. The molecule has 14 aromatic carbocycles. The number of nitrogens with zero attached hydrogens (tertiary/aromatic N) is 2. The highest BCUT2D eigenvalue weighted by Crippen LogP contribution is 2.54. The number of aromatic nitrogens is 2. The molecule has 2 aliphatic carbocycles. The molecule has 2 nitrogen and oxygen atoms in total. The first-order valence-corrected chi connectivity index (χ1v) is 33.6. The lowest BCUT2D eigenvalue weighted by atomic mass is 9.79. The van der Waals surface area contributed by atoms with Gasteiger partial charge in [-0.05, 0) is 219 Å². The van der Waals surface area contributed by atoms with E-state index in [1.54, 1.807) is 0 Å². The normalized spacial score (nSPS) is 13.7. The van der Waals surface area contributed by atoms with Crippen LogP contribution in [0.5, 0.6) is 0 Å². The second kappa shape index (κ2) is 22.4. The Hall–Kier alpha value is -11.8. The first kappa shape index (κ1) is 56.9. The summed E-state index contributed by atoms with van der Waals surface area (Å²) in [4.78, 5) is 0. The molecule has 0 N–H and O–H groups in total. The number of rotatable bonds is 11. The van der Waals surface area contributed by atoms with Crippen molar-refractivity contribution in [1.82, 2.24) is 9.13 Å². The number of hydrogen-bond acceptors (Lipinski definition) is 0. The predicted octanol–water partition coefficient (Wildman–Crippen LogP) is 24.7. The highest BCUT2D eigenvalue weighted by molar-refractivity contribution is 6.12. The van der Waals surface area contributed by atoms with Gasteiger partial charge in [0.05, 0.1) is 22.1 Å². The van der Waals surface area contributed by atoms with Gasteiger partial charge in [-0.15, -0.1) is 0 Å². The third kappa shape index (κ3) is 9.38. The summed E-state index contributed by atoms with van der Waals surface area (Å²) in [5, 5.41) is 4.98. The van der Waals surface area contributed by atoms with Crippen molar-refractivity contribution >= 4 is 66.9 Å². The zero-order valence-electron chi connectivity index (χ0n) is 54.2. The van der Waals surface area contributed by atoms with Crippen molar-refractivity contribution < 1.29 is 0 Å². The molecule has 0 saturated carbocycles. The van der Waals surface area contributed by atoms with Crippen molar-refractivity contribution in [3.63, 3.8) is 0 Å². The molecule has 2 heteroatoms. The van der Waals surface area contributed by atoms with Gasteiger partial charge >= 0.3 is 0 Å². The number of hydrogen-bond donors (Lipinski definition) is 0. The van der Waals surface area contributed by atoms with Crippen molar-refractivity contribution in [3.8, 4) is 67.0 Å². The van der Waals surface area contributed by atoms with Crippen LogP contribution in [0.1, 0.15) is 83.3 Å². The van der Waals surface area contributed by atoms with Crippen LogP contribution in [0.25, 0.3) is 134 Å². The van der Waals surface area contributed by atoms with E-state index < -0.39 is 0 Å². The fraction of sp³-hybridized carbons (Fsp3) is 0.0638.